The summed E-state index contributed by atoms with van der Waals surface area (Å²) in [6, 6.07) is 8.51. The quantitative estimate of drug-likeness (QED) is 0.511. The smallest absolute Gasteiger partial charge is 0.333 e. The molecule has 1 rings (SSSR count). The van der Waals surface area contributed by atoms with Gasteiger partial charge in [0.25, 0.3) is 0 Å². The first-order chi connectivity index (χ1) is 10.1. The second-order valence-corrected chi connectivity index (χ2v) is 6.31. The van der Waals surface area contributed by atoms with Crippen LogP contribution < -0.4 is 0 Å². The number of carbonyl (C=O) groups is 1. The Morgan fingerprint density at radius 2 is 1.77 bits per heavy atom. The monoisotopic (exact) mass is 302 g/mol. The zero-order valence-corrected chi connectivity index (χ0v) is 14.9. The van der Waals surface area contributed by atoms with Gasteiger partial charge >= 0.3 is 5.97 Å². The van der Waals surface area contributed by atoms with Crippen molar-refractivity contribution >= 4 is 12.0 Å². The molecule has 0 bridgehead atoms. The number of hydrogen-bond acceptors (Lipinski definition) is 2. The molecule has 0 aliphatic carbocycles. The van der Waals surface area contributed by atoms with Crippen molar-refractivity contribution in [1.82, 2.24) is 0 Å². The molecule has 122 valence electrons. The van der Waals surface area contributed by atoms with E-state index in [1.807, 2.05) is 26.8 Å². The fourth-order valence-corrected chi connectivity index (χ4v) is 1.43. The highest BCUT2D eigenvalue weighted by molar-refractivity contribution is 5.87. The third-order valence-electron chi connectivity index (χ3n) is 3.41. The molecule has 0 aromatic heterocycles. The molecule has 0 radical (unpaired) electrons. The van der Waals surface area contributed by atoms with E-state index < -0.39 is 0 Å². The van der Waals surface area contributed by atoms with Crippen LogP contribution in [0.25, 0.3) is 6.08 Å². The van der Waals surface area contributed by atoms with E-state index in [2.05, 4.69) is 51.3 Å². The molecule has 0 atom stereocenters. The predicted molar refractivity (Wildman–Crippen MR) is 95.9 cm³/mol. The van der Waals surface area contributed by atoms with Crippen molar-refractivity contribution in [3.63, 3.8) is 0 Å². The summed E-state index contributed by atoms with van der Waals surface area (Å²) in [5, 5.41) is 0. The molecule has 0 heterocycles. The van der Waals surface area contributed by atoms with Gasteiger partial charge in [-0.2, -0.15) is 0 Å². The van der Waals surface area contributed by atoms with E-state index in [1.54, 1.807) is 6.92 Å². The van der Waals surface area contributed by atoms with Gasteiger partial charge in [0.05, 0.1) is 0 Å². The van der Waals surface area contributed by atoms with Crippen LogP contribution in [0.2, 0.25) is 0 Å². The van der Waals surface area contributed by atoms with Crippen molar-refractivity contribution in [1.29, 1.82) is 0 Å². The van der Waals surface area contributed by atoms with E-state index in [-0.39, 0.29) is 11.6 Å². The van der Waals surface area contributed by atoms with Crippen LogP contribution in [0.15, 0.2) is 43.0 Å². The lowest BCUT2D eigenvalue weighted by Gasteiger charge is -2.23. The summed E-state index contributed by atoms with van der Waals surface area (Å²) in [7, 11) is 0. The molecule has 0 aliphatic heterocycles. The standard InChI is InChI=1S/C11H14.C9H16O2/c1-4-10-5-7-11(8-6-10)9(2)3;1-6-9(4,5)11-8(10)7(2)3/h4-9H,1H2,2-3H3;2,6H2,1,3-5H3. The molecule has 0 aliphatic rings. The zero-order chi connectivity index (χ0) is 17.3. The summed E-state index contributed by atoms with van der Waals surface area (Å²) >= 11 is 0. The third kappa shape index (κ3) is 7.82. The van der Waals surface area contributed by atoms with Crippen LogP contribution in [0.1, 0.15) is 65.0 Å². The van der Waals surface area contributed by atoms with Crippen molar-refractivity contribution in [3.05, 3.63) is 54.1 Å². The van der Waals surface area contributed by atoms with Crippen molar-refractivity contribution in [2.45, 2.75) is 59.5 Å². The highest BCUT2D eigenvalue weighted by Crippen LogP contribution is 2.15. The molecular weight excluding hydrogens is 272 g/mol. The normalized spacial score (nSPS) is 10.5. The highest BCUT2D eigenvalue weighted by atomic mass is 16.6. The van der Waals surface area contributed by atoms with Gasteiger partial charge in [0.2, 0.25) is 0 Å². The first-order valence-electron chi connectivity index (χ1n) is 7.74. The molecule has 0 saturated carbocycles. The Morgan fingerprint density at radius 3 is 2.09 bits per heavy atom. The van der Waals surface area contributed by atoms with Gasteiger partial charge in [0.1, 0.15) is 5.60 Å². The average Bonchev–Trinajstić information content (AvgIpc) is 2.47. The van der Waals surface area contributed by atoms with Crippen LogP contribution in [-0.4, -0.2) is 11.6 Å². The van der Waals surface area contributed by atoms with Crippen LogP contribution in [0.3, 0.4) is 0 Å². The average molecular weight is 302 g/mol. The summed E-state index contributed by atoms with van der Waals surface area (Å²) in [6.07, 6.45) is 2.68. The molecule has 2 heteroatoms. The van der Waals surface area contributed by atoms with Crippen molar-refractivity contribution in [2.75, 3.05) is 0 Å². The SMILES string of the molecule is C=C(C)C(=O)OC(C)(C)CC.C=Cc1ccc(C(C)C)cc1. The van der Waals surface area contributed by atoms with Crippen LogP contribution in [0, 0.1) is 0 Å². The maximum absolute atomic E-state index is 11.0. The molecule has 1 aromatic rings. The molecule has 0 saturated heterocycles. The fraction of sp³-hybridized carbons (Fsp3) is 0.450. The Labute approximate surface area is 135 Å². The van der Waals surface area contributed by atoms with Crippen molar-refractivity contribution in [2.24, 2.45) is 0 Å². The van der Waals surface area contributed by atoms with E-state index in [0.29, 0.717) is 11.5 Å². The number of benzene rings is 1. The predicted octanol–water partition coefficient (Wildman–Crippen LogP) is 5.75. The zero-order valence-electron chi connectivity index (χ0n) is 14.9. The first-order valence-corrected chi connectivity index (χ1v) is 7.74. The largest absolute Gasteiger partial charge is 0.456 e. The van der Waals surface area contributed by atoms with Crippen LogP contribution in [-0.2, 0) is 9.53 Å². The van der Waals surface area contributed by atoms with Gasteiger partial charge in [-0.15, -0.1) is 0 Å². The molecule has 0 amide bonds. The van der Waals surface area contributed by atoms with Crippen molar-refractivity contribution in [3.8, 4) is 0 Å². The molecule has 0 spiro atoms. The molecule has 2 nitrogen and oxygen atoms in total. The molecule has 0 N–H and O–H groups in total. The maximum atomic E-state index is 11.0. The van der Waals surface area contributed by atoms with Crippen molar-refractivity contribution < 1.29 is 9.53 Å². The number of carbonyl (C=O) groups excluding carboxylic acids is 1. The highest BCUT2D eigenvalue weighted by Gasteiger charge is 2.20. The Balaban J connectivity index is 0.000000401. The molecule has 1 aromatic carbocycles. The van der Waals surface area contributed by atoms with Gasteiger partial charge in [-0.3, -0.25) is 0 Å². The lowest BCUT2D eigenvalue weighted by molar-refractivity contribution is -0.151. The molecule has 0 unspecified atom stereocenters. The second kappa shape index (κ2) is 9.24. The van der Waals surface area contributed by atoms with Crippen LogP contribution >= 0.6 is 0 Å². The Morgan fingerprint density at radius 1 is 1.27 bits per heavy atom. The minimum atomic E-state index is -0.365. The molecule has 0 fully saturated rings. The van der Waals surface area contributed by atoms with E-state index in [4.69, 9.17) is 4.74 Å². The molecule has 22 heavy (non-hydrogen) atoms. The van der Waals surface area contributed by atoms with Gasteiger partial charge < -0.3 is 4.74 Å². The van der Waals surface area contributed by atoms with Crippen LogP contribution in [0.5, 0.6) is 0 Å². The fourth-order valence-electron chi connectivity index (χ4n) is 1.43. The van der Waals surface area contributed by atoms with Crippen LogP contribution in [0.4, 0.5) is 0 Å². The Hall–Kier alpha value is -1.83. The van der Waals surface area contributed by atoms with Gasteiger partial charge in [-0.25, -0.2) is 4.79 Å². The van der Waals surface area contributed by atoms with Gasteiger partial charge in [0, 0.05) is 5.57 Å². The van der Waals surface area contributed by atoms with Gasteiger partial charge in [-0.1, -0.05) is 64.3 Å². The summed E-state index contributed by atoms with van der Waals surface area (Å²) in [5.74, 6) is 0.311. The number of rotatable bonds is 5. The Bertz CT molecular complexity index is 493. The minimum absolute atomic E-state index is 0.308. The second-order valence-electron chi connectivity index (χ2n) is 6.31. The topological polar surface area (TPSA) is 26.3 Å². The maximum Gasteiger partial charge on any atom is 0.333 e. The summed E-state index contributed by atoms with van der Waals surface area (Å²) in [6.45, 7) is 19.0. The van der Waals surface area contributed by atoms with E-state index in [9.17, 15) is 4.79 Å². The number of esters is 1. The van der Waals surface area contributed by atoms with E-state index in [1.165, 1.54) is 11.1 Å². The summed E-state index contributed by atoms with van der Waals surface area (Å²) in [5.41, 5.74) is 2.66. The number of hydrogen-bond donors (Lipinski definition) is 0. The molecular formula is C20H30O2. The Kier molecular flexibility index (Phi) is 8.47. The van der Waals surface area contributed by atoms with E-state index in [0.717, 1.165) is 6.42 Å². The summed E-state index contributed by atoms with van der Waals surface area (Å²) in [4.78, 5) is 11.0. The third-order valence-corrected chi connectivity index (χ3v) is 3.41. The van der Waals surface area contributed by atoms with E-state index >= 15 is 0 Å². The minimum Gasteiger partial charge on any atom is -0.456 e. The lowest BCUT2D eigenvalue weighted by Crippen LogP contribution is -2.27. The number of ether oxygens (including phenoxy) is 1. The summed E-state index contributed by atoms with van der Waals surface area (Å²) < 4.78 is 5.11. The van der Waals surface area contributed by atoms with Gasteiger partial charge in [-0.05, 0) is 44.2 Å². The van der Waals surface area contributed by atoms with Gasteiger partial charge in [0.15, 0.2) is 0 Å². The lowest BCUT2D eigenvalue weighted by atomic mass is 10.0. The first kappa shape index (κ1) is 20.2.